The lowest BCUT2D eigenvalue weighted by atomic mass is 10.0. The summed E-state index contributed by atoms with van der Waals surface area (Å²) in [7, 11) is 0. The van der Waals surface area contributed by atoms with E-state index in [0.29, 0.717) is 6.07 Å². The minimum Gasteiger partial charge on any atom is -0.507 e. The van der Waals surface area contributed by atoms with Crippen LogP contribution in [0.2, 0.25) is 5.02 Å². The number of rotatable bonds is 3. The van der Waals surface area contributed by atoms with Crippen LogP contribution >= 0.6 is 11.6 Å². The molecule has 0 fully saturated rings. The van der Waals surface area contributed by atoms with E-state index in [9.17, 15) is 31.9 Å². The Hall–Kier alpha value is -1.63. The van der Waals surface area contributed by atoms with E-state index in [1.807, 2.05) is 0 Å². The van der Waals surface area contributed by atoms with Crippen molar-refractivity contribution in [2.24, 2.45) is 0 Å². The molecule has 1 rings (SSSR count). The van der Waals surface area contributed by atoms with Crippen LogP contribution in [-0.4, -0.2) is 17.3 Å². The smallest absolute Gasteiger partial charge is 0.417 e. The van der Waals surface area contributed by atoms with Crippen molar-refractivity contribution in [3.63, 3.8) is 0 Å². The Morgan fingerprint density at radius 3 is 2.37 bits per heavy atom. The number of carbonyl (C=O) groups is 1. The molecule has 1 aromatic rings. The van der Waals surface area contributed by atoms with Gasteiger partial charge in [0.15, 0.2) is 0 Å². The molecule has 0 saturated heterocycles. The first-order chi connectivity index (χ1) is 8.62. The minimum atomic E-state index is -4.85. The van der Waals surface area contributed by atoms with Crippen molar-refractivity contribution >= 4 is 23.1 Å². The largest absolute Gasteiger partial charge is 0.507 e. The summed E-state index contributed by atoms with van der Waals surface area (Å²) in [5, 5.41) is 9.09. The average Bonchev–Trinajstić information content (AvgIpc) is 2.27. The molecule has 0 aliphatic heterocycles. The number of aliphatic hydroxyl groups is 1. The Balaban J connectivity index is 3.31. The Bertz CT molecular complexity index is 522. The molecule has 104 valence electrons. The third kappa shape index (κ3) is 3.92. The fraction of sp³-hybridized carbons (Fsp3) is 0.182. The lowest BCUT2D eigenvalue weighted by molar-refractivity contribution is -0.138. The molecule has 19 heavy (non-hydrogen) atoms. The molecule has 2 nitrogen and oxygen atoms in total. The van der Waals surface area contributed by atoms with E-state index in [1.54, 1.807) is 0 Å². The highest BCUT2D eigenvalue weighted by atomic mass is 35.5. The standard InChI is InChI=1S/C11H6ClF5O2/c12-5-1-2-6(7(3-5)11(15,16)17)8(18)4-9(19)10(13)14/h1-4,10,18H/b8-4-. The Labute approximate surface area is 109 Å². The van der Waals surface area contributed by atoms with Crippen molar-refractivity contribution in [3.05, 3.63) is 40.4 Å². The predicted molar refractivity (Wildman–Crippen MR) is 58.1 cm³/mol. The summed E-state index contributed by atoms with van der Waals surface area (Å²) in [5.74, 6) is -2.99. The maximum Gasteiger partial charge on any atom is 0.417 e. The molecule has 0 atom stereocenters. The molecule has 0 amide bonds. The molecule has 0 aromatic heterocycles. The first kappa shape index (κ1) is 15.4. The van der Waals surface area contributed by atoms with Crippen LogP contribution in [0.3, 0.4) is 0 Å². The number of allylic oxidation sites excluding steroid dienone is 1. The third-order valence-corrected chi connectivity index (χ3v) is 2.29. The monoisotopic (exact) mass is 300 g/mol. The number of ketones is 1. The second-order valence-corrected chi connectivity index (χ2v) is 3.86. The molecule has 0 radical (unpaired) electrons. The van der Waals surface area contributed by atoms with Gasteiger partial charge in [-0.2, -0.15) is 13.2 Å². The van der Waals surface area contributed by atoms with Crippen LogP contribution in [0.25, 0.3) is 5.76 Å². The zero-order valence-electron chi connectivity index (χ0n) is 9.01. The minimum absolute atomic E-state index is 0.0448. The summed E-state index contributed by atoms with van der Waals surface area (Å²) in [5.41, 5.74) is -2.12. The maximum atomic E-state index is 12.7. The Kier molecular flexibility index (Phi) is 4.52. The summed E-state index contributed by atoms with van der Waals surface area (Å²) >= 11 is 5.40. The second-order valence-electron chi connectivity index (χ2n) is 3.42. The lowest BCUT2D eigenvalue weighted by Crippen LogP contribution is -2.11. The maximum absolute atomic E-state index is 12.7. The van der Waals surface area contributed by atoms with Crippen molar-refractivity contribution < 1.29 is 31.9 Å². The van der Waals surface area contributed by atoms with Gasteiger partial charge in [0.1, 0.15) is 5.76 Å². The molecule has 1 aromatic carbocycles. The summed E-state index contributed by atoms with van der Waals surface area (Å²) in [6.07, 6.45) is -8.22. The van der Waals surface area contributed by atoms with Crippen LogP contribution in [0.4, 0.5) is 22.0 Å². The van der Waals surface area contributed by atoms with Crippen molar-refractivity contribution in [2.75, 3.05) is 0 Å². The van der Waals surface area contributed by atoms with Gasteiger partial charge in [-0.3, -0.25) is 4.79 Å². The topological polar surface area (TPSA) is 37.3 Å². The number of carbonyl (C=O) groups excluding carboxylic acids is 1. The first-order valence-corrected chi connectivity index (χ1v) is 5.10. The Morgan fingerprint density at radius 2 is 1.89 bits per heavy atom. The highest BCUT2D eigenvalue weighted by molar-refractivity contribution is 6.30. The predicted octanol–water partition coefficient (Wildman–Crippen LogP) is 4.09. The van der Waals surface area contributed by atoms with Gasteiger partial charge >= 0.3 is 6.18 Å². The van der Waals surface area contributed by atoms with Crippen LogP contribution < -0.4 is 0 Å². The molecule has 8 heteroatoms. The SMILES string of the molecule is O=C(/C=C(\O)c1ccc(Cl)cc1C(F)(F)F)C(F)F. The van der Waals surface area contributed by atoms with E-state index < -0.39 is 35.3 Å². The van der Waals surface area contributed by atoms with Crippen molar-refractivity contribution in [3.8, 4) is 0 Å². The fourth-order valence-corrected chi connectivity index (χ4v) is 1.42. The van der Waals surface area contributed by atoms with E-state index >= 15 is 0 Å². The highest BCUT2D eigenvalue weighted by Gasteiger charge is 2.34. The van der Waals surface area contributed by atoms with Gasteiger partial charge in [-0.25, -0.2) is 8.78 Å². The number of aliphatic hydroxyl groups excluding tert-OH is 1. The summed E-state index contributed by atoms with van der Waals surface area (Å²) < 4.78 is 61.9. The first-order valence-electron chi connectivity index (χ1n) is 4.72. The number of hydrogen-bond acceptors (Lipinski definition) is 2. The molecule has 0 bridgehead atoms. The van der Waals surface area contributed by atoms with E-state index in [4.69, 9.17) is 11.6 Å². The number of hydrogen-bond donors (Lipinski definition) is 1. The van der Waals surface area contributed by atoms with Gasteiger partial charge in [0.05, 0.1) is 5.56 Å². The van der Waals surface area contributed by atoms with Crippen LogP contribution in [0.5, 0.6) is 0 Å². The van der Waals surface area contributed by atoms with E-state index in [2.05, 4.69) is 0 Å². The van der Waals surface area contributed by atoms with Crippen LogP contribution in [-0.2, 0) is 11.0 Å². The molecule has 0 saturated carbocycles. The molecule has 0 spiro atoms. The molecule has 0 unspecified atom stereocenters. The lowest BCUT2D eigenvalue weighted by Gasteiger charge is -2.12. The Morgan fingerprint density at radius 1 is 1.32 bits per heavy atom. The van der Waals surface area contributed by atoms with Gasteiger partial charge in [0.25, 0.3) is 6.43 Å². The summed E-state index contributed by atoms with van der Waals surface area (Å²) in [6, 6.07) is 2.34. The molecule has 0 aliphatic carbocycles. The summed E-state index contributed by atoms with van der Waals surface area (Å²) in [6.45, 7) is 0. The van der Waals surface area contributed by atoms with Gasteiger partial charge in [0, 0.05) is 16.7 Å². The van der Waals surface area contributed by atoms with E-state index in [0.717, 1.165) is 12.1 Å². The number of alkyl halides is 5. The normalized spacial score (nSPS) is 12.9. The third-order valence-electron chi connectivity index (χ3n) is 2.06. The van der Waals surface area contributed by atoms with Gasteiger partial charge < -0.3 is 5.11 Å². The van der Waals surface area contributed by atoms with Gasteiger partial charge in [0.2, 0.25) is 5.78 Å². The van der Waals surface area contributed by atoms with Crippen LogP contribution in [0, 0.1) is 0 Å². The average molecular weight is 301 g/mol. The van der Waals surface area contributed by atoms with Gasteiger partial charge in [-0.1, -0.05) is 11.6 Å². The number of halogens is 6. The van der Waals surface area contributed by atoms with Crippen molar-refractivity contribution in [1.29, 1.82) is 0 Å². The highest BCUT2D eigenvalue weighted by Crippen LogP contribution is 2.36. The van der Waals surface area contributed by atoms with E-state index in [-0.39, 0.29) is 11.1 Å². The van der Waals surface area contributed by atoms with E-state index in [1.165, 1.54) is 0 Å². The summed E-state index contributed by atoms with van der Waals surface area (Å²) in [4.78, 5) is 10.7. The fourth-order valence-electron chi connectivity index (χ4n) is 1.25. The molecular formula is C11H6ClF5O2. The molecule has 0 aliphatic rings. The van der Waals surface area contributed by atoms with Gasteiger partial charge in [-0.05, 0) is 18.2 Å². The van der Waals surface area contributed by atoms with Gasteiger partial charge in [-0.15, -0.1) is 0 Å². The molecular weight excluding hydrogens is 295 g/mol. The van der Waals surface area contributed by atoms with Crippen molar-refractivity contribution in [1.82, 2.24) is 0 Å². The van der Waals surface area contributed by atoms with Crippen LogP contribution in [0.15, 0.2) is 24.3 Å². The van der Waals surface area contributed by atoms with Crippen LogP contribution in [0.1, 0.15) is 11.1 Å². The molecule has 1 N–H and O–H groups in total. The zero-order chi connectivity index (χ0) is 14.8. The zero-order valence-corrected chi connectivity index (χ0v) is 9.77. The molecule has 0 heterocycles. The quantitative estimate of drug-likeness (QED) is 0.518. The number of benzene rings is 1. The second kappa shape index (κ2) is 5.56. The van der Waals surface area contributed by atoms with Crippen molar-refractivity contribution in [2.45, 2.75) is 12.6 Å².